The summed E-state index contributed by atoms with van der Waals surface area (Å²) in [5, 5.41) is 0. The van der Waals surface area contributed by atoms with E-state index in [0.717, 1.165) is 11.8 Å². The highest BCUT2D eigenvalue weighted by molar-refractivity contribution is 9.09. The summed E-state index contributed by atoms with van der Waals surface area (Å²) in [4.78, 5) is 10.3. The summed E-state index contributed by atoms with van der Waals surface area (Å²) in [5.74, 6) is 1.37. The van der Waals surface area contributed by atoms with Crippen molar-refractivity contribution in [1.82, 2.24) is 0 Å². The third-order valence-corrected chi connectivity index (χ3v) is 2.56. The average Bonchev–Trinajstić information content (AvgIpc) is 2.27. The SMILES string of the molecule is COc1ccc(OC)c([C@H](Br)C=O)c1. The molecule has 1 atom stereocenters. The van der Waals surface area contributed by atoms with E-state index in [9.17, 15) is 4.79 Å². The summed E-state index contributed by atoms with van der Waals surface area (Å²) in [5.41, 5.74) is 0.766. The van der Waals surface area contributed by atoms with Crippen molar-refractivity contribution in [2.45, 2.75) is 4.83 Å². The summed E-state index contributed by atoms with van der Waals surface area (Å²) in [6.45, 7) is 0. The number of methoxy groups -OCH3 is 2. The lowest BCUT2D eigenvalue weighted by Gasteiger charge is -2.11. The molecule has 0 amide bonds. The summed E-state index contributed by atoms with van der Waals surface area (Å²) in [7, 11) is 3.14. The molecule has 76 valence electrons. The second kappa shape index (κ2) is 5.00. The number of carbonyl (C=O) groups is 1. The van der Waals surface area contributed by atoms with Crippen molar-refractivity contribution in [1.29, 1.82) is 0 Å². The van der Waals surface area contributed by atoms with Gasteiger partial charge in [-0.25, -0.2) is 0 Å². The van der Waals surface area contributed by atoms with Crippen LogP contribution in [0.1, 0.15) is 10.4 Å². The average molecular weight is 259 g/mol. The molecule has 0 aliphatic heterocycles. The van der Waals surface area contributed by atoms with Crippen molar-refractivity contribution in [3.05, 3.63) is 23.8 Å². The van der Waals surface area contributed by atoms with Gasteiger partial charge in [0.15, 0.2) is 0 Å². The van der Waals surface area contributed by atoms with Gasteiger partial charge in [-0.05, 0) is 18.2 Å². The Morgan fingerprint density at radius 3 is 2.57 bits per heavy atom. The zero-order valence-electron chi connectivity index (χ0n) is 7.99. The number of benzene rings is 1. The molecule has 0 bridgehead atoms. The van der Waals surface area contributed by atoms with Crippen LogP contribution >= 0.6 is 15.9 Å². The first-order valence-electron chi connectivity index (χ1n) is 4.04. The van der Waals surface area contributed by atoms with Crippen LogP contribution in [0, 0.1) is 0 Å². The summed E-state index contributed by atoms with van der Waals surface area (Å²) >= 11 is 3.24. The zero-order valence-corrected chi connectivity index (χ0v) is 9.58. The summed E-state index contributed by atoms with van der Waals surface area (Å²) < 4.78 is 10.2. The Morgan fingerprint density at radius 2 is 2.07 bits per heavy atom. The molecule has 4 heteroatoms. The largest absolute Gasteiger partial charge is 0.497 e. The minimum Gasteiger partial charge on any atom is -0.497 e. The first-order chi connectivity index (χ1) is 6.72. The van der Waals surface area contributed by atoms with Crippen LogP contribution in [0.2, 0.25) is 0 Å². The maximum Gasteiger partial charge on any atom is 0.138 e. The fourth-order valence-corrected chi connectivity index (χ4v) is 1.49. The molecular weight excluding hydrogens is 248 g/mol. The number of hydrogen-bond acceptors (Lipinski definition) is 3. The molecule has 0 fully saturated rings. The number of carbonyl (C=O) groups excluding carboxylic acids is 1. The third kappa shape index (κ3) is 2.26. The van der Waals surface area contributed by atoms with Gasteiger partial charge in [0.25, 0.3) is 0 Å². The van der Waals surface area contributed by atoms with Gasteiger partial charge >= 0.3 is 0 Å². The first kappa shape index (κ1) is 11.0. The normalized spacial score (nSPS) is 11.9. The topological polar surface area (TPSA) is 35.5 Å². The molecule has 0 N–H and O–H groups in total. The number of aldehydes is 1. The minimum absolute atomic E-state index is 0.368. The minimum atomic E-state index is -0.368. The van der Waals surface area contributed by atoms with Gasteiger partial charge in [0, 0.05) is 5.56 Å². The summed E-state index contributed by atoms with van der Waals surface area (Å²) in [6.07, 6.45) is 0.803. The fraction of sp³-hybridized carbons (Fsp3) is 0.300. The van der Waals surface area contributed by atoms with Gasteiger partial charge in [-0.3, -0.25) is 0 Å². The molecule has 0 heterocycles. The van der Waals surface area contributed by atoms with Crippen LogP contribution in [0.5, 0.6) is 11.5 Å². The quantitative estimate of drug-likeness (QED) is 0.615. The lowest BCUT2D eigenvalue weighted by Crippen LogP contribution is -1.97. The van der Waals surface area contributed by atoms with E-state index in [0.29, 0.717) is 11.5 Å². The Labute approximate surface area is 91.1 Å². The molecule has 0 saturated carbocycles. The Morgan fingerprint density at radius 1 is 1.36 bits per heavy atom. The molecule has 0 aromatic heterocycles. The molecule has 0 radical (unpaired) electrons. The number of rotatable bonds is 4. The van der Waals surface area contributed by atoms with E-state index < -0.39 is 0 Å². The fourth-order valence-electron chi connectivity index (χ4n) is 1.13. The third-order valence-electron chi connectivity index (χ3n) is 1.85. The molecule has 1 rings (SSSR count). The van der Waals surface area contributed by atoms with E-state index in [1.54, 1.807) is 32.4 Å². The Balaban J connectivity index is 3.14. The van der Waals surface area contributed by atoms with E-state index in [1.165, 1.54) is 0 Å². The maximum atomic E-state index is 10.6. The van der Waals surface area contributed by atoms with Crippen LogP contribution < -0.4 is 9.47 Å². The lowest BCUT2D eigenvalue weighted by atomic mass is 10.1. The zero-order chi connectivity index (χ0) is 10.6. The van der Waals surface area contributed by atoms with Crippen LogP contribution in [0.4, 0.5) is 0 Å². The van der Waals surface area contributed by atoms with Gasteiger partial charge in [-0.1, -0.05) is 15.9 Å². The Kier molecular flexibility index (Phi) is 3.95. The molecule has 0 aliphatic carbocycles. The molecule has 0 spiro atoms. The monoisotopic (exact) mass is 258 g/mol. The van der Waals surface area contributed by atoms with E-state index in [4.69, 9.17) is 9.47 Å². The van der Waals surface area contributed by atoms with Crippen LogP contribution in [0.25, 0.3) is 0 Å². The van der Waals surface area contributed by atoms with Crippen molar-refractivity contribution in [3.63, 3.8) is 0 Å². The smallest absolute Gasteiger partial charge is 0.138 e. The van der Waals surface area contributed by atoms with E-state index in [-0.39, 0.29) is 4.83 Å². The molecule has 1 aromatic carbocycles. The van der Waals surface area contributed by atoms with Crippen molar-refractivity contribution < 1.29 is 14.3 Å². The highest BCUT2D eigenvalue weighted by Gasteiger charge is 2.12. The molecule has 0 unspecified atom stereocenters. The molecule has 1 aromatic rings. The highest BCUT2D eigenvalue weighted by Crippen LogP contribution is 2.32. The highest BCUT2D eigenvalue weighted by atomic mass is 79.9. The van der Waals surface area contributed by atoms with Crippen molar-refractivity contribution in [3.8, 4) is 11.5 Å². The van der Waals surface area contributed by atoms with Crippen molar-refractivity contribution in [2.75, 3.05) is 14.2 Å². The Hall–Kier alpha value is -1.03. The van der Waals surface area contributed by atoms with Gasteiger partial charge < -0.3 is 14.3 Å². The van der Waals surface area contributed by atoms with Crippen LogP contribution in [0.3, 0.4) is 0 Å². The molecule has 14 heavy (non-hydrogen) atoms. The van der Waals surface area contributed by atoms with Gasteiger partial charge in [-0.2, -0.15) is 0 Å². The standard InChI is InChI=1S/C10H11BrO3/c1-13-7-3-4-10(14-2)8(5-7)9(11)6-12/h3-6,9H,1-2H3/t9-/m1/s1. The maximum absolute atomic E-state index is 10.6. The predicted molar refractivity (Wildman–Crippen MR) is 57.3 cm³/mol. The Bertz CT molecular complexity index is 325. The summed E-state index contributed by atoms with van der Waals surface area (Å²) in [6, 6.07) is 5.32. The number of ether oxygens (including phenoxy) is 2. The molecule has 0 aliphatic rings. The second-order valence-electron chi connectivity index (χ2n) is 2.65. The van der Waals surface area contributed by atoms with E-state index in [1.807, 2.05) is 0 Å². The molecule has 0 saturated heterocycles. The predicted octanol–water partition coefficient (Wildman–Crippen LogP) is 2.34. The first-order valence-corrected chi connectivity index (χ1v) is 4.95. The molecular formula is C10H11BrO3. The molecule has 3 nitrogen and oxygen atoms in total. The second-order valence-corrected chi connectivity index (χ2v) is 3.63. The number of hydrogen-bond donors (Lipinski definition) is 0. The van der Waals surface area contributed by atoms with Gasteiger partial charge in [-0.15, -0.1) is 0 Å². The van der Waals surface area contributed by atoms with Gasteiger partial charge in [0.2, 0.25) is 0 Å². The van der Waals surface area contributed by atoms with Crippen molar-refractivity contribution >= 4 is 22.2 Å². The van der Waals surface area contributed by atoms with E-state index >= 15 is 0 Å². The van der Waals surface area contributed by atoms with Gasteiger partial charge in [0.05, 0.1) is 19.0 Å². The van der Waals surface area contributed by atoms with Crippen LogP contribution in [-0.2, 0) is 4.79 Å². The van der Waals surface area contributed by atoms with Gasteiger partial charge in [0.1, 0.15) is 17.8 Å². The number of alkyl halides is 1. The van der Waals surface area contributed by atoms with Crippen LogP contribution in [-0.4, -0.2) is 20.5 Å². The lowest BCUT2D eigenvalue weighted by molar-refractivity contribution is -0.107. The van der Waals surface area contributed by atoms with Crippen LogP contribution in [0.15, 0.2) is 18.2 Å². The van der Waals surface area contributed by atoms with E-state index in [2.05, 4.69) is 15.9 Å². The van der Waals surface area contributed by atoms with Crippen molar-refractivity contribution in [2.24, 2.45) is 0 Å². The number of halogens is 1.